The number of carbonyl (C=O) groups is 1. The van der Waals surface area contributed by atoms with Crippen molar-refractivity contribution in [3.63, 3.8) is 0 Å². The minimum absolute atomic E-state index is 0.235. The fourth-order valence-electron chi connectivity index (χ4n) is 2.37. The van der Waals surface area contributed by atoms with Crippen molar-refractivity contribution in [2.75, 3.05) is 12.3 Å². The van der Waals surface area contributed by atoms with Gasteiger partial charge in [-0.1, -0.05) is 6.92 Å². The number of benzene rings is 1. The van der Waals surface area contributed by atoms with Crippen LogP contribution in [0.3, 0.4) is 0 Å². The van der Waals surface area contributed by atoms with Crippen molar-refractivity contribution in [1.82, 2.24) is 9.55 Å². The summed E-state index contributed by atoms with van der Waals surface area (Å²) in [6.07, 6.45) is 1.78. The lowest BCUT2D eigenvalue weighted by molar-refractivity contribution is -0.146. The van der Waals surface area contributed by atoms with E-state index in [2.05, 4.69) is 11.9 Å². The molecule has 0 aliphatic rings. The molecular weight excluding hydrogens is 254 g/mol. The first-order valence-corrected chi connectivity index (χ1v) is 7.01. The van der Waals surface area contributed by atoms with Gasteiger partial charge in [-0.25, -0.2) is 9.78 Å². The average Bonchev–Trinajstić information content (AvgIpc) is 2.75. The molecule has 5 heteroatoms. The van der Waals surface area contributed by atoms with Gasteiger partial charge in [-0.3, -0.25) is 0 Å². The molecule has 0 saturated carbocycles. The first kappa shape index (κ1) is 14.4. The van der Waals surface area contributed by atoms with E-state index in [1.165, 1.54) is 0 Å². The van der Waals surface area contributed by atoms with E-state index in [-0.39, 0.29) is 12.0 Å². The number of imidazole rings is 1. The molecule has 1 aromatic heterocycles. The van der Waals surface area contributed by atoms with Crippen molar-refractivity contribution >= 4 is 22.7 Å². The van der Waals surface area contributed by atoms with Gasteiger partial charge in [0.2, 0.25) is 0 Å². The molecule has 20 heavy (non-hydrogen) atoms. The van der Waals surface area contributed by atoms with Crippen LogP contribution in [0.1, 0.15) is 39.1 Å². The van der Waals surface area contributed by atoms with E-state index in [1.807, 2.05) is 36.6 Å². The highest BCUT2D eigenvalue weighted by atomic mass is 16.5. The number of nitrogens with zero attached hydrogens (tertiary/aromatic N) is 2. The maximum atomic E-state index is 12.0. The minimum atomic E-state index is -0.384. The van der Waals surface area contributed by atoms with Gasteiger partial charge in [-0.05, 0) is 38.5 Å². The zero-order valence-corrected chi connectivity index (χ0v) is 12.2. The van der Waals surface area contributed by atoms with Gasteiger partial charge in [0.1, 0.15) is 11.9 Å². The quantitative estimate of drug-likeness (QED) is 0.672. The second kappa shape index (κ2) is 5.94. The minimum Gasteiger partial charge on any atom is -0.464 e. The molecule has 108 valence electrons. The highest BCUT2D eigenvalue weighted by molar-refractivity contribution is 5.83. The molecule has 0 amide bonds. The summed E-state index contributed by atoms with van der Waals surface area (Å²) in [7, 11) is 0. The third-order valence-corrected chi connectivity index (χ3v) is 3.28. The lowest BCUT2D eigenvalue weighted by atomic mass is 10.2. The zero-order valence-electron chi connectivity index (χ0n) is 12.2. The van der Waals surface area contributed by atoms with Crippen LogP contribution in [-0.4, -0.2) is 22.1 Å². The molecule has 0 radical (unpaired) electrons. The van der Waals surface area contributed by atoms with E-state index in [9.17, 15) is 4.79 Å². The Morgan fingerprint density at radius 2 is 2.20 bits per heavy atom. The predicted octanol–water partition coefficient (Wildman–Crippen LogP) is 2.70. The second-order valence-electron chi connectivity index (χ2n) is 4.82. The second-order valence-corrected chi connectivity index (χ2v) is 4.82. The van der Waals surface area contributed by atoms with Gasteiger partial charge in [0.05, 0.1) is 17.6 Å². The Kier molecular flexibility index (Phi) is 4.27. The lowest BCUT2D eigenvalue weighted by Crippen LogP contribution is -2.21. The highest BCUT2D eigenvalue weighted by Crippen LogP contribution is 2.24. The van der Waals surface area contributed by atoms with E-state index in [0.29, 0.717) is 12.3 Å². The number of hydrogen-bond donors (Lipinski definition) is 1. The van der Waals surface area contributed by atoms with E-state index < -0.39 is 0 Å². The number of aromatic nitrogens is 2. The number of aryl methyl sites for hydroxylation is 1. The number of rotatable bonds is 5. The number of fused-ring (bicyclic) bond motifs is 1. The fourth-order valence-corrected chi connectivity index (χ4v) is 2.37. The van der Waals surface area contributed by atoms with Crippen LogP contribution in [0, 0.1) is 0 Å². The normalized spacial score (nSPS) is 12.6. The monoisotopic (exact) mass is 275 g/mol. The van der Waals surface area contributed by atoms with Gasteiger partial charge in [0.25, 0.3) is 0 Å². The molecule has 0 aliphatic carbocycles. The number of carbonyl (C=O) groups excluding carboxylic acids is 1. The number of hydrogen-bond acceptors (Lipinski definition) is 4. The Labute approximate surface area is 118 Å². The number of ether oxygens (including phenoxy) is 1. The Hall–Kier alpha value is -2.04. The van der Waals surface area contributed by atoms with Crippen molar-refractivity contribution in [3.8, 4) is 0 Å². The summed E-state index contributed by atoms with van der Waals surface area (Å²) < 4.78 is 7.08. The number of nitrogen functional groups attached to an aromatic ring is 1. The largest absolute Gasteiger partial charge is 0.464 e. The molecule has 0 aliphatic heterocycles. The van der Waals surface area contributed by atoms with Crippen molar-refractivity contribution in [1.29, 1.82) is 0 Å². The summed E-state index contributed by atoms with van der Waals surface area (Å²) in [6.45, 7) is 6.12. The maximum Gasteiger partial charge on any atom is 0.328 e. The number of anilines is 1. The number of nitrogens with two attached hydrogens (primary N) is 1. The molecule has 0 spiro atoms. The first-order valence-electron chi connectivity index (χ1n) is 7.01. The Bertz CT molecular complexity index is 619. The van der Waals surface area contributed by atoms with Gasteiger partial charge in [-0.15, -0.1) is 0 Å². The third kappa shape index (κ3) is 2.61. The molecule has 5 nitrogen and oxygen atoms in total. The molecule has 2 N–H and O–H groups in total. The standard InChI is InChI=1S/C15H21N3O2/c1-4-6-14-17-12-9-11(16)7-8-13(12)18(14)10(3)15(19)20-5-2/h7-10H,4-6,16H2,1-3H3. The summed E-state index contributed by atoms with van der Waals surface area (Å²) in [6, 6.07) is 5.19. The molecule has 2 aromatic rings. The highest BCUT2D eigenvalue weighted by Gasteiger charge is 2.22. The predicted molar refractivity (Wildman–Crippen MR) is 79.5 cm³/mol. The van der Waals surface area contributed by atoms with Crippen LogP contribution in [0.25, 0.3) is 11.0 Å². The van der Waals surface area contributed by atoms with Crippen molar-refractivity contribution in [2.24, 2.45) is 0 Å². The third-order valence-electron chi connectivity index (χ3n) is 3.28. The first-order chi connectivity index (χ1) is 9.58. The van der Waals surface area contributed by atoms with Crippen LogP contribution in [0.4, 0.5) is 5.69 Å². The molecule has 0 bridgehead atoms. The van der Waals surface area contributed by atoms with Crippen LogP contribution < -0.4 is 5.73 Å². The maximum absolute atomic E-state index is 12.0. The van der Waals surface area contributed by atoms with Crippen LogP contribution in [0.5, 0.6) is 0 Å². The molecule has 1 aromatic carbocycles. The van der Waals surface area contributed by atoms with Gasteiger partial charge in [0, 0.05) is 12.1 Å². The molecule has 0 saturated heterocycles. The van der Waals surface area contributed by atoms with Gasteiger partial charge in [-0.2, -0.15) is 0 Å². The van der Waals surface area contributed by atoms with Crippen molar-refractivity contribution in [2.45, 2.75) is 39.7 Å². The van der Waals surface area contributed by atoms with E-state index in [1.54, 1.807) is 0 Å². The van der Waals surface area contributed by atoms with Crippen LogP contribution in [0.2, 0.25) is 0 Å². The van der Waals surface area contributed by atoms with Gasteiger partial charge < -0.3 is 15.0 Å². The molecule has 0 fully saturated rings. The summed E-state index contributed by atoms with van der Waals surface area (Å²) in [5.41, 5.74) is 8.22. The number of esters is 1. The zero-order chi connectivity index (χ0) is 14.7. The van der Waals surface area contributed by atoms with Gasteiger partial charge in [0.15, 0.2) is 0 Å². The van der Waals surface area contributed by atoms with E-state index >= 15 is 0 Å². The van der Waals surface area contributed by atoms with E-state index in [4.69, 9.17) is 10.5 Å². The Morgan fingerprint density at radius 1 is 1.45 bits per heavy atom. The van der Waals surface area contributed by atoms with E-state index in [0.717, 1.165) is 29.7 Å². The molecular formula is C15H21N3O2. The van der Waals surface area contributed by atoms with Crippen molar-refractivity contribution < 1.29 is 9.53 Å². The smallest absolute Gasteiger partial charge is 0.328 e. The Morgan fingerprint density at radius 3 is 2.85 bits per heavy atom. The fraction of sp³-hybridized carbons (Fsp3) is 0.467. The average molecular weight is 275 g/mol. The Balaban J connectivity index is 2.53. The van der Waals surface area contributed by atoms with Crippen LogP contribution >= 0.6 is 0 Å². The van der Waals surface area contributed by atoms with Crippen molar-refractivity contribution in [3.05, 3.63) is 24.0 Å². The van der Waals surface area contributed by atoms with Crippen LogP contribution in [0.15, 0.2) is 18.2 Å². The summed E-state index contributed by atoms with van der Waals surface area (Å²) in [5.74, 6) is 0.662. The SMILES string of the molecule is CCCc1nc2cc(N)ccc2n1C(C)C(=O)OCC. The van der Waals surface area contributed by atoms with Crippen LogP contribution in [-0.2, 0) is 16.0 Å². The summed E-state index contributed by atoms with van der Waals surface area (Å²) >= 11 is 0. The lowest BCUT2D eigenvalue weighted by Gasteiger charge is -2.16. The molecule has 1 unspecified atom stereocenters. The molecule has 2 rings (SSSR count). The molecule has 1 heterocycles. The summed E-state index contributed by atoms with van der Waals surface area (Å²) in [4.78, 5) is 16.6. The summed E-state index contributed by atoms with van der Waals surface area (Å²) in [5, 5.41) is 0. The van der Waals surface area contributed by atoms with Gasteiger partial charge >= 0.3 is 5.97 Å². The molecule has 1 atom stereocenters. The topological polar surface area (TPSA) is 70.1 Å².